The predicted octanol–water partition coefficient (Wildman–Crippen LogP) is 1.93. The fraction of sp³-hybridized carbons (Fsp3) is 1.00. The molecular formula is C4H10PS+. The SMILES string of the molecule is CCCC[PH+]=S. The topological polar surface area (TPSA) is 0 Å². The van der Waals surface area contributed by atoms with Gasteiger partial charge in [-0.3, -0.25) is 0 Å². The standard InChI is InChI=1S/C4H9PS/c1-2-3-4-5-6/h2-4H2,1H3/p+1. The lowest BCUT2D eigenvalue weighted by Crippen LogP contribution is -1.66. The van der Waals surface area contributed by atoms with Gasteiger partial charge in [0.2, 0.25) is 0 Å². The normalized spacial score (nSPS) is 9.50. The summed E-state index contributed by atoms with van der Waals surface area (Å²) in [5.74, 6) is 0. The van der Waals surface area contributed by atoms with Gasteiger partial charge in [0.25, 0.3) is 0 Å². The van der Waals surface area contributed by atoms with Gasteiger partial charge in [0.1, 0.15) is 6.16 Å². The van der Waals surface area contributed by atoms with Crippen LogP contribution in [0.5, 0.6) is 0 Å². The summed E-state index contributed by atoms with van der Waals surface area (Å²) in [7, 11) is 0.748. The Morgan fingerprint density at radius 3 is 2.50 bits per heavy atom. The third kappa shape index (κ3) is 4.52. The first-order chi connectivity index (χ1) is 2.91. The Labute approximate surface area is 45.8 Å². The van der Waals surface area contributed by atoms with Crippen molar-refractivity contribution in [2.45, 2.75) is 19.8 Å². The van der Waals surface area contributed by atoms with E-state index in [1.54, 1.807) is 0 Å². The lowest BCUT2D eigenvalue weighted by molar-refractivity contribution is 0.896. The number of unbranched alkanes of at least 4 members (excludes halogenated alkanes) is 1. The summed E-state index contributed by atoms with van der Waals surface area (Å²) in [5.41, 5.74) is 0. The second-order valence-corrected chi connectivity index (χ2v) is 2.90. The zero-order valence-electron chi connectivity index (χ0n) is 4.03. The summed E-state index contributed by atoms with van der Waals surface area (Å²) in [5, 5.41) is 0. The third-order valence-corrected chi connectivity index (χ3v) is 1.80. The molecule has 0 radical (unpaired) electrons. The first-order valence-corrected chi connectivity index (χ1v) is 4.60. The first kappa shape index (κ1) is 6.52. The van der Waals surface area contributed by atoms with E-state index >= 15 is 0 Å². The molecule has 0 rings (SSSR count). The summed E-state index contributed by atoms with van der Waals surface area (Å²) < 4.78 is 0. The molecule has 0 amide bonds. The average molecular weight is 121 g/mol. The van der Waals surface area contributed by atoms with Crippen molar-refractivity contribution in [2.75, 3.05) is 6.16 Å². The molecule has 1 atom stereocenters. The summed E-state index contributed by atoms with van der Waals surface area (Å²) in [4.78, 5) is 0. The molecule has 0 aliphatic heterocycles. The Morgan fingerprint density at radius 1 is 1.67 bits per heavy atom. The van der Waals surface area contributed by atoms with E-state index in [-0.39, 0.29) is 0 Å². The minimum Gasteiger partial charge on any atom is -0.0652 e. The van der Waals surface area contributed by atoms with Crippen LogP contribution in [-0.4, -0.2) is 6.16 Å². The van der Waals surface area contributed by atoms with Crippen molar-refractivity contribution in [1.82, 2.24) is 0 Å². The van der Waals surface area contributed by atoms with Crippen LogP contribution in [0.1, 0.15) is 19.8 Å². The maximum absolute atomic E-state index is 4.75. The molecule has 0 heterocycles. The van der Waals surface area contributed by atoms with Crippen molar-refractivity contribution < 1.29 is 0 Å². The molecule has 0 aromatic carbocycles. The Bertz CT molecular complexity index is 36.5. The highest BCUT2D eigenvalue weighted by molar-refractivity contribution is 7.96. The maximum Gasteiger partial charge on any atom is 0.160 e. The zero-order valence-corrected chi connectivity index (χ0v) is 5.85. The van der Waals surface area contributed by atoms with E-state index in [1.807, 2.05) is 0 Å². The van der Waals surface area contributed by atoms with Crippen LogP contribution < -0.4 is 0 Å². The number of rotatable bonds is 3. The van der Waals surface area contributed by atoms with Crippen LogP contribution in [0.15, 0.2) is 0 Å². The van der Waals surface area contributed by atoms with Gasteiger partial charge in [0, 0.05) is 0 Å². The monoisotopic (exact) mass is 121 g/mol. The van der Waals surface area contributed by atoms with E-state index in [0.29, 0.717) is 0 Å². The van der Waals surface area contributed by atoms with Crippen LogP contribution in [-0.2, 0) is 11.8 Å². The van der Waals surface area contributed by atoms with Gasteiger partial charge in [-0.2, -0.15) is 0 Å². The van der Waals surface area contributed by atoms with E-state index in [1.165, 1.54) is 19.0 Å². The Morgan fingerprint density at radius 2 is 2.33 bits per heavy atom. The van der Waals surface area contributed by atoms with Crippen molar-refractivity contribution in [2.24, 2.45) is 0 Å². The molecule has 2 heteroatoms. The van der Waals surface area contributed by atoms with Crippen molar-refractivity contribution in [1.29, 1.82) is 0 Å². The van der Waals surface area contributed by atoms with Crippen LogP contribution in [0.25, 0.3) is 0 Å². The van der Waals surface area contributed by atoms with Gasteiger partial charge < -0.3 is 0 Å². The molecule has 0 fully saturated rings. The summed E-state index contributed by atoms with van der Waals surface area (Å²) in [6.07, 6.45) is 3.87. The van der Waals surface area contributed by atoms with Crippen LogP contribution in [0, 0.1) is 0 Å². The first-order valence-electron chi connectivity index (χ1n) is 2.26. The molecule has 6 heavy (non-hydrogen) atoms. The Balaban J connectivity index is 2.49. The van der Waals surface area contributed by atoms with E-state index in [0.717, 1.165) is 7.36 Å². The summed E-state index contributed by atoms with van der Waals surface area (Å²) >= 11 is 4.75. The zero-order chi connectivity index (χ0) is 4.83. The largest absolute Gasteiger partial charge is 0.160 e. The molecule has 0 N–H and O–H groups in total. The van der Waals surface area contributed by atoms with Gasteiger partial charge in [0.15, 0.2) is 19.2 Å². The predicted molar refractivity (Wildman–Crippen MR) is 35.5 cm³/mol. The lowest BCUT2D eigenvalue weighted by atomic mass is 10.4. The molecule has 0 spiro atoms. The van der Waals surface area contributed by atoms with Crippen LogP contribution in [0.2, 0.25) is 0 Å². The van der Waals surface area contributed by atoms with Crippen LogP contribution >= 0.6 is 7.36 Å². The Kier molecular flexibility index (Phi) is 6.00. The van der Waals surface area contributed by atoms with Gasteiger partial charge in [-0.05, 0) is 6.42 Å². The van der Waals surface area contributed by atoms with Crippen molar-refractivity contribution in [3.8, 4) is 0 Å². The van der Waals surface area contributed by atoms with Gasteiger partial charge in [-0.25, -0.2) is 0 Å². The average Bonchev–Trinajstić information content (AvgIpc) is 1.61. The smallest absolute Gasteiger partial charge is 0.0652 e. The van der Waals surface area contributed by atoms with Crippen LogP contribution in [0.3, 0.4) is 0 Å². The molecule has 0 bridgehead atoms. The van der Waals surface area contributed by atoms with Gasteiger partial charge in [-0.15, -0.1) is 0 Å². The molecule has 0 saturated heterocycles. The van der Waals surface area contributed by atoms with E-state index < -0.39 is 0 Å². The number of hydrogen-bond acceptors (Lipinski definition) is 1. The third-order valence-electron chi connectivity index (χ3n) is 0.632. The minimum atomic E-state index is 0.748. The van der Waals surface area contributed by atoms with Crippen molar-refractivity contribution in [3.63, 3.8) is 0 Å². The molecule has 0 saturated carbocycles. The van der Waals surface area contributed by atoms with Crippen molar-refractivity contribution >= 4 is 19.2 Å². The molecule has 0 aliphatic carbocycles. The summed E-state index contributed by atoms with van der Waals surface area (Å²) in [6, 6.07) is 0. The molecule has 36 valence electrons. The maximum atomic E-state index is 4.75. The van der Waals surface area contributed by atoms with Gasteiger partial charge in [0.05, 0.1) is 0 Å². The second-order valence-electron chi connectivity index (χ2n) is 1.25. The minimum absolute atomic E-state index is 0.748. The fourth-order valence-corrected chi connectivity index (χ4v) is 1.18. The van der Waals surface area contributed by atoms with Crippen LogP contribution in [0.4, 0.5) is 0 Å². The summed E-state index contributed by atoms with van der Waals surface area (Å²) in [6.45, 7) is 2.19. The van der Waals surface area contributed by atoms with Crippen molar-refractivity contribution in [3.05, 3.63) is 0 Å². The molecule has 0 nitrogen and oxygen atoms in total. The number of hydrogen-bond donors (Lipinski definition) is 0. The molecule has 1 unspecified atom stereocenters. The molecule has 0 aromatic rings. The Hall–Kier alpha value is 0.520. The van der Waals surface area contributed by atoms with Gasteiger partial charge in [-0.1, -0.05) is 13.3 Å². The van der Waals surface area contributed by atoms with E-state index in [2.05, 4.69) is 6.92 Å². The highest BCUT2D eigenvalue weighted by Crippen LogP contribution is 1.96. The highest BCUT2D eigenvalue weighted by atomic mass is 32.4. The molecule has 0 aromatic heterocycles. The quantitative estimate of drug-likeness (QED) is 0.406. The lowest BCUT2D eigenvalue weighted by Gasteiger charge is -1.74. The fourth-order valence-electron chi connectivity index (χ4n) is 0.249. The van der Waals surface area contributed by atoms with Gasteiger partial charge >= 0.3 is 0 Å². The van der Waals surface area contributed by atoms with E-state index in [4.69, 9.17) is 11.8 Å². The van der Waals surface area contributed by atoms with E-state index in [9.17, 15) is 0 Å². The molecular weight excluding hydrogens is 111 g/mol. The molecule has 0 aliphatic rings. The second kappa shape index (κ2) is 5.52. The highest BCUT2D eigenvalue weighted by Gasteiger charge is 1.81.